The molecule has 0 saturated carbocycles. The van der Waals surface area contributed by atoms with Gasteiger partial charge in [0.2, 0.25) is 0 Å². The number of hydrogen-bond acceptors (Lipinski definition) is 0. The second-order valence-corrected chi connectivity index (χ2v) is 3.99. The van der Waals surface area contributed by atoms with Crippen molar-refractivity contribution in [2.45, 2.75) is 32.9 Å². The zero-order valence-electron chi connectivity index (χ0n) is 8.43. The SMILES string of the molecule is CC1CC=CC(C(F)(F)F)=CCC1C. The Morgan fingerprint density at radius 3 is 2.29 bits per heavy atom. The monoisotopic (exact) mass is 204 g/mol. The van der Waals surface area contributed by atoms with E-state index < -0.39 is 11.7 Å². The third-order valence-electron chi connectivity index (χ3n) is 2.81. The van der Waals surface area contributed by atoms with Gasteiger partial charge < -0.3 is 0 Å². The van der Waals surface area contributed by atoms with Crippen LogP contribution in [0.2, 0.25) is 0 Å². The standard InChI is InChI=1S/C11H15F3/c1-8-4-3-5-10(11(12,13)14)7-6-9(8)2/h3,5,7-9H,4,6H2,1-2H3. The Morgan fingerprint density at radius 2 is 1.71 bits per heavy atom. The lowest BCUT2D eigenvalue weighted by Crippen LogP contribution is -2.14. The van der Waals surface area contributed by atoms with Gasteiger partial charge in [-0.05, 0) is 24.7 Å². The highest BCUT2D eigenvalue weighted by Crippen LogP contribution is 2.31. The Hall–Kier alpha value is -0.730. The van der Waals surface area contributed by atoms with Crippen LogP contribution in [0, 0.1) is 11.8 Å². The fourth-order valence-corrected chi connectivity index (χ4v) is 1.47. The molecule has 0 nitrogen and oxygen atoms in total. The molecule has 1 aliphatic carbocycles. The minimum absolute atomic E-state index is 0.317. The minimum Gasteiger partial charge on any atom is -0.166 e. The van der Waals surface area contributed by atoms with Gasteiger partial charge in [0.25, 0.3) is 0 Å². The van der Waals surface area contributed by atoms with Crippen LogP contribution in [0.15, 0.2) is 23.8 Å². The number of halogens is 3. The topological polar surface area (TPSA) is 0 Å². The first-order valence-electron chi connectivity index (χ1n) is 4.85. The van der Waals surface area contributed by atoms with Gasteiger partial charge in [-0.1, -0.05) is 32.1 Å². The molecule has 14 heavy (non-hydrogen) atoms. The largest absolute Gasteiger partial charge is 0.416 e. The van der Waals surface area contributed by atoms with E-state index in [0.717, 1.165) is 6.42 Å². The molecule has 0 amide bonds. The summed E-state index contributed by atoms with van der Waals surface area (Å²) in [6.45, 7) is 4.07. The van der Waals surface area contributed by atoms with Crippen molar-refractivity contribution in [3.05, 3.63) is 23.8 Å². The lowest BCUT2D eigenvalue weighted by atomic mass is 9.87. The number of allylic oxidation sites excluding steroid dienone is 4. The molecule has 2 unspecified atom stereocenters. The van der Waals surface area contributed by atoms with E-state index in [1.165, 1.54) is 12.2 Å². The van der Waals surface area contributed by atoms with Crippen molar-refractivity contribution in [3.8, 4) is 0 Å². The van der Waals surface area contributed by atoms with Crippen molar-refractivity contribution in [2.24, 2.45) is 11.8 Å². The van der Waals surface area contributed by atoms with Crippen LogP contribution < -0.4 is 0 Å². The summed E-state index contributed by atoms with van der Waals surface area (Å²) in [4.78, 5) is 0. The second-order valence-electron chi connectivity index (χ2n) is 3.99. The average molecular weight is 204 g/mol. The molecule has 2 atom stereocenters. The second kappa shape index (κ2) is 4.20. The predicted molar refractivity (Wildman–Crippen MR) is 50.8 cm³/mol. The Balaban J connectivity index is 2.80. The van der Waals surface area contributed by atoms with Gasteiger partial charge >= 0.3 is 6.18 Å². The highest BCUT2D eigenvalue weighted by molar-refractivity contribution is 5.24. The maximum Gasteiger partial charge on any atom is 0.416 e. The summed E-state index contributed by atoms with van der Waals surface area (Å²) in [5.74, 6) is 0.773. The quantitative estimate of drug-likeness (QED) is 0.557. The molecule has 0 aromatic heterocycles. The lowest BCUT2D eigenvalue weighted by Gasteiger charge is -2.20. The van der Waals surface area contributed by atoms with Crippen LogP contribution in [0.4, 0.5) is 13.2 Å². The summed E-state index contributed by atoms with van der Waals surface area (Å²) in [6.07, 6.45) is 1.17. The third kappa shape index (κ3) is 2.89. The van der Waals surface area contributed by atoms with Crippen LogP contribution in [-0.2, 0) is 0 Å². The van der Waals surface area contributed by atoms with Gasteiger partial charge in [-0.3, -0.25) is 0 Å². The highest BCUT2D eigenvalue weighted by Gasteiger charge is 2.32. The number of alkyl halides is 3. The summed E-state index contributed by atoms with van der Waals surface area (Å²) >= 11 is 0. The zero-order chi connectivity index (χ0) is 10.8. The van der Waals surface area contributed by atoms with Gasteiger partial charge in [0.15, 0.2) is 0 Å². The Labute approximate surface area is 82.5 Å². The van der Waals surface area contributed by atoms with Gasteiger partial charge in [0.05, 0.1) is 5.57 Å². The van der Waals surface area contributed by atoms with Crippen LogP contribution in [0.3, 0.4) is 0 Å². The van der Waals surface area contributed by atoms with E-state index in [1.807, 2.05) is 6.92 Å². The van der Waals surface area contributed by atoms with E-state index in [1.54, 1.807) is 6.08 Å². The molecule has 0 heterocycles. The number of rotatable bonds is 0. The molecule has 0 fully saturated rings. The molecule has 0 aromatic rings. The molecule has 80 valence electrons. The summed E-state index contributed by atoms with van der Waals surface area (Å²) < 4.78 is 37.1. The summed E-state index contributed by atoms with van der Waals surface area (Å²) in [6, 6.07) is 0. The Morgan fingerprint density at radius 1 is 1.14 bits per heavy atom. The first-order chi connectivity index (χ1) is 6.41. The fourth-order valence-electron chi connectivity index (χ4n) is 1.47. The molecule has 1 rings (SSSR count). The summed E-state index contributed by atoms with van der Waals surface area (Å²) in [7, 11) is 0. The molecular formula is C11H15F3. The average Bonchev–Trinajstić information content (AvgIpc) is 2.04. The van der Waals surface area contributed by atoms with Gasteiger partial charge in [-0.25, -0.2) is 0 Å². The smallest absolute Gasteiger partial charge is 0.166 e. The first kappa shape index (κ1) is 11.3. The van der Waals surface area contributed by atoms with Crippen LogP contribution in [-0.4, -0.2) is 6.18 Å². The van der Waals surface area contributed by atoms with Gasteiger partial charge in [0, 0.05) is 0 Å². The maximum absolute atomic E-state index is 12.4. The normalized spacial score (nSPS) is 29.4. The third-order valence-corrected chi connectivity index (χ3v) is 2.81. The molecule has 0 N–H and O–H groups in total. The van der Waals surface area contributed by atoms with Gasteiger partial charge in [-0.15, -0.1) is 0 Å². The van der Waals surface area contributed by atoms with Crippen molar-refractivity contribution in [1.82, 2.24) is 0 Å². The van der Waals surface area contributed by atoms with Crippen LogP contribution in [0.25, 0.3) is 0 Å². The van der Waals surface area contributed by atoms with Crippen LogP contribution >= 0.6 is 0 Å². The molecule has 0 bridgehead atoms. The van der Waals surface area contributed by atoms with Crippen LogP contribution in [0.5, 0.6) is 0 Å². The lowest BCUT2D eigenvalue weighted by molar-refractivity contribution is -0.0886. The van der Waals surface area contributed by atoms with E-state index in [2.05, 4.69) is 6.92 Å². The van der Waals surface area contributed by atoms with E-state index in [4.69, 9.17) is 0 Å². The molecule has 0 saturated heterocycles. The van der Waals surface area contributed by atoms with E-state index in [9.17, 15) is 13.2 Å². The van der Waals surface area contributed by atoms with Crippen molar-refractivity contribution < 1.29 is 13.2 Å². The predicted octanol–water partition coefficient (Wildman–Crippen LogP) is 4.10. The molecule has 0 aromatic carbocycles. The zero-order valence-corrected chi connectivity index (χ0v) is 8.43. The molecule has 3 heteroatoms. The molecular weight excluding hydrogens is 189 g/mol. The van der Waals surface area contributed by atoms with Gasteiger partial charge in [0.1, 0.15) is 0 Å². The van der Waals surface area contributed by atoms with Gasteiger partial charge in [-0.2, -0.15) is 13.2 Å². The van der Waals surface area contributed by atoms with Crippen molar-refractivity contribution in [3.63, 3.8) is 0 Å². The Bertz CT molecular complexity index is 248. The van der Waals surface area contributed by atoms with E-state index in [0.29, 0.717) is 18.3 Å². The minimum atomic E-state index is -4.20. The van der Waals surface area contributed by atoms with Crippen molar-refractivity contribution in [2.75, 3.05) is 0 Å². The van der Waals surface area contributed by atoms with Crippen LogP contribution in [0.1, 0.15) is 26.7 Å². The summed E-state index contributed by atoms with van der Waals surface area (Å²) in [5, 5.41) is 0. The molecule has 0 spiro atoms. The number of hydrogen-bond donors (Lipinski definition) is 0. The molecule has 0 radical (unpaired) electrons. The van der Waals surface area contributed by atoms with Crippen molar-refractivity contribution >= 4 is 0 Å². The highest BCUT2D eigenvalue weighted by atomic mass is 19.4. The maximum atomic E-state index is 12.4. The van der Waals surface area contributed by atoms with E-state index in [-0.39, 0.29) is 0 Å². The first-order valence-corrected chi connectivity index (χ1v) is 4.85. The Kier molecular flexibility index (Phi) is 3.40. The molecule has 1 aliphatic rings. The summed E-state index contributed by atoms with van der Waals surface area (Å²) in [5.41, 5.74) is -0.503. The molecule has 0 aliphatic heterocycles. The fraction of sp³-hybridized carbons (Fsp3) is 0.636. The van der Waals surface area contributed by atoms with E-state index >= 15 is 0 Å². The van der Waals surface area contributed by atoms with Crippen molar-refractivity contribution in [1.29, 1.82) is 0 Å².